The molecule has 2 rings (SSSR count). The third-order valence-electron chi connectivity index (χ3n) is 2.89. The van der Waals surface area contributed by atoms with E-state index in [0.717, 1.165) is 31.1 Å². The third kappa shape index (κ3) is 3.32. The molecule has 0 amide bonds. The number of likely N-dealkylation sites (N-methyl/N-ethyl adjacent to an activating group) is 1. The molecule has 0 aliphatic heterocycles. The predicted molar refractivity (Wildman–Crippen MR) is 63.3 cm³/mol. The highest BCUT2D eigenvalue weighted by atomic mass is 16.5. The molecule has 2 N–H and O–H groups in total. The van der Waals surface area contributed by atoms with Crippen molar-refractivity contribution in [3.05, 3.63) is 17.5 Å². The van der Waals surface area contributed by atoms with Crippen molar-refractivity contribution in [2.45, 2.75) is 45.2 Å². The van der Waals surface area contributed by atoms with E-state index in [0.29, 0.717) is 12.0 Å². The normalized spacial score (nSPS) is 17.6. The summed E-state index contributed by atoms with van der Waals surface area (Å²) in [7, 11) is 0. The molecule has 1 heterocycles. The first kappa shape index (κ1) is 11.6. The van der Waals surface area contributed by atoms with Crippen LogP contribution in [0.1, 0.15) is 44.1 Å². The molecule has 0 aromatic carbocycles. The smallest absolute Gasteiger partial charge is 0.140 e. The van der Waals surface area contributed by atoms with Crippen molar-refractivity contribution in [1.29, 1.82) is 0 Å². The minimum absolute atomic E-state index is 0.459. The Morgan fingerprint density at radius 1 is 1.56 bits per heavy atom. The molecule has 1 fully saturated rings. The van der Waals surface area contributed by atoms with Crippen LogP contribution in [-0.2, 0) is 6.54 Å². The molecular weight excluding hydrogens is 202 g/mol. The molecule has 1 aliphatic carbocycles. The van der Waals surface area contributed by atoms with Gasteiger partial charge in [-0.1, -0.05) is 12.1 Å². The quantitative estimate of drug-likeness (QED) is 0.738. The van der Waals surface area contributed by atoms with Crippen LogP contribution in [0.25, 0.3) is 0 Å². The number of hydrogen-bond acceptors (Lipinski definition) is 4. The predicted octanol–water partition coefficient (Wildman–Crippen LogP) is 1.64. The van der Waals surface area contributed by atoms with Crippen molar-refractivity contribution in [3.63, 3.8) is 0 Å². The lowest BCUT2D eigenvalue weighted by Gasteiger charge is -2.12. The topological polar surface area (TPSA) is 50.1 Å². The van der Waals surface area contributed by atoms with E-state index < -0.39 is 0 Å². The Morgan fingerprint density at radius 3 is 3.06 bits per heavy atom. The van der Waals surface area contributed by atoms with Crippen molar-refractivity contribution in [3.8, 4) is 0 Å². The second-order valence-corrected chi connectivity index (χ2v) is 4.58. The van der Waals surface area contributed by atoms with Crippen LogP contribution in [0.15, 0.2) is 10.6 Å². The standard InChI is InChI=1S/C12H21N3O/c1-3-13-7-9(2)14-8-11-6-12(16-15-11)10-4-5-10/h6,9-10,13-14H,3-5,7-8H2,1-2H3. The van der Waals surface area contributed by atoms with Gasteiger partial charge in [0.25, 0.3) is 0 Å². The van der Waals surface area contributed by atoms with Crippen molar-refractivity contribution in [2.24, 2.45) is 0 Å². The molecule has 16 heavy (non-hydrogen) atoms. The van der Waals surface area contributed by atoms with Crippen LogP contribution in [0.2, 0.25) is 0 Å². The monoisotopic (exact) mass is 223 g/mol. The number of nitrogens with zero attached hydrogens (tertiary/aromatic N) is 1. The maximum Gasteiger partial charge on any atom is 0.140 e. The molecule has 0 bridgehead atoms. The SMILES string of the molecule is CCNCC(C)NCc1cc(C2CC2)on1. The first-order chi connectivity index (χ1) is 7.79. The summed E-state index contributed by atoms with van der Waals surface area (Å²) in [5.74, 6) is 1.72. The van der Waals surface area contributed by atoms with Crippen LogP contribution >= 0.6 is 0 Å². The molecule has 1 aromatic heterocycles. The molecule has 90 valence electrons. The average molecular weight is 223 g/mol. The molecular formula is C12H21N3O. The van der Waals surface area contributed by atoms with Crippen LogP contribution < -0.4 is 10.6 Å². The minimum atomic E-state index is 0.459. The number of nitrogens with one attached hydrogen (secondary N) is 2. The molecule has 0 saturated heterocycles. The molecule has 0 spiro atoms. The van der Waals surface area contributed by atoms with Crippen LogP contribution in [0.5, 0.6) is 0 Å². The van der Waals surface area contributed by atoms with Crippen molar-refractivity contribution >= 4 is 0 Å². The lowest BCUT2D eigenvalue weighted by molar-refractivity contribution is 0.374. The van der Waals surface area contributed by atoms with Crippen LogP contribution in [0, 0.1) is 0 Å². The molecule has 1 unspecified atom stereocenters. The van der Waals surface area contributed by atoms with E-state index in [2.05, 4.69) is 35.7 Å². The van der Waals surface area contributed by atoms with E-state index in [1.165, 1.54) is 12.8 Å². The second-order valence-electron chi connectivity index (χ2n) is 4.58. The first-order valence-corrected chi connectivity index (χ1v) is 6.19. The fourth-order valence-electron chi connectivity index (χ4n) is 1.68. The number of aromatic nitrogens is 1. The summed E-state index contributed by atoms with van der Waals surface area (Å²) in [5.41, 5.74) is 1.02. The van der Waals surface area contributed by atoms with Crippen molar-refractivity contribution < 1.29 is 4.52 Å². The summed E-state index contributed by atoms with van der Waals surface area (Å²) in [5, 5.41) is 10.8. The fraction of sp³-hybridized carbons (Fsp3) is 0.750. The van der Waals surface area contributed by atoms with Crippen molar-refractivity contribution in [2.75, 3.05) is 13.1 Å². The van der Waals surface area contributed by atoms with E-state index in [1.807, 2.05) is 0 Å². The lowest BCUT2D eigenvalue weighted by Crippen LogP contribution is -2.35. The maximum atomic E-state index is 5.30. The van der Waals surface area contributed by atoms with E-state index in [4.69, 9.17) is 4.52 Å². The zero-order valence-corrected chi connectivity index (χ0v) is 10.1. The van der Waals surface area contributed by atoms with Crippen LogP contribution in [0.3, 0.4) is 0 Å². The van der Waals surface area contributed by atoms with Gasteiger partial charge in [0, 0.05) is 31.1 Å². The maximum absolute atomic E-state index is 5.30. The highest BCUT2D eigenvalue weighted by Crippen LogP contribution is 2.40. The Hall–Kier alpha value is -0.870. The van der Waals surface area contributed by atoms with Gasteiger partial charge in [0.1, 0.15) is 5.76 Å². The van der Waals surface area contributed by atoms with Gasteiger partial charge in [-0.05, 0) is 26.3 Å². The Kier molecular flexibility index (Phi) is 3.96. The molecule has 4 nitrogen and oxygen atoms in total. The summed E-state index contributed by atoms with van der Waals surface area (Å²) >= 11 is 0. The number of rotatable bonds is 7. The lowest BCUT2D eigenvalue weighted by atomic mass is 10.2. The molecule has 1 aromatic rings. The molecule has 1 saturated carbocycles. The van der Waals surface area contributed by atoms with E-state index in [-0.39, 0.29) is 0 Å². The van der Waals surface area contributed by atoms with Gasteiger partial charge in [-0.3, -0.25) is 0 Å². The van der Waals surface area contributed by atoms with Gasteiger partial charge in [0.15, 0.2) is 0 Å². The van der Waals surface area contributed by atoms with Crippen molar-refractivity contribution in [1.82, 2.24) is 15.8 Å². The zero-order valence-electron chi connectivity index (χ0n) is 10.1. The highest BCUT2D eigenvalue weighted by molar-refractivity contribution is 5.14. The van der Waals surface area contributed by atoms with Crippen LogP contribution in [0.4, 0.5) is 0 Å². The van der Waals surface area contributed by atoms with Gasteiger partial charge in [0.2, 0.25) is 0 Å². The largest absolute Gasteiger partial charge is 0.361 e. The van der Waals surface area contributed by atoms with E-state index in [9.17, 15) is 0 Å². The Labute approximate surface area is 96.8 Å². The average Bonchev–Trinajstić information content (AvgIpc) is 3.03. The molecule has 1 aliphatic rings. The van der Waals surface area contributed by atoms with Gasteiger partial charge in [-0.2, -0.15) is 0 Å². The van der Waals surface area contributed by atoms with Gasteiger partial charge in [0.05, 0.1) is 5.69 Å². The summed E-state index contributed by atoms with van der Waals surface area (Å²) < 4.78 is 5.30. The Bertz CT molecular complexity index is 320. The summed E-state index contributed by atoms with van der Waals surface area (Å²) in [6.07, 6.45) is 2.53. The van der Waals surface area contributed by atoms with Gasteiger partial charge >= 0.3 is 0 Å². The van der Waals surface area contributed by atoms with Crippen LogP contribution in [-0.4, -0.2) is 24.3 Å². The zero-order chi connectivity index (χ0) is 11.4. The number of hydrogen-bond donors (Lipinski definition) is 2. The second kappa shape index (κ2) is 5.46. The van der Waals surface area contributed by atoms with Gasteiger partial charge in [-0.25, -0.2) is 0 Å². The van der Waals surface area contributed by atoms with E-state index in [1.54, 1.807) is 0 Å². The Morgan fingerprint density at radius 2 is 2.38 bits per heavy atom. The van der Waals surface area contributed by atoms with E-state index >= 15 is 0 Å². The minimum Gasteiger partial charge on any atom is -0.361 e. The summed E-state index contributed by atoms with van der Waals surface area (Å²) in [4.78, 5) is 0. The first-order valence-electron chi connectivity index (χ1n) is 6.19. The highest BCUT2D eigenvalue weighted by Gasteiger charge is 2.27. The molecule has 1 atom stereocenters. The summed E-state index contributed by atoms with van der Waals surface area (Å²) in [6, 6.07) is 2.55. The molecule has 0 radical (unpaired) electrons. The fourth-order valence-corrected chi connectivity index (χ4v) is 1.68. The summed E-state index contributed by atoms with van der Waals surface area (Å²) in [6.45, 7) is 7.09. The molecule has 4 heteroatoms. The third-order valence-corrected chi connectivity index (χ3v) is 2.89. The Balaban J connectivity index is 1.71. The van der Waals surface area contributed by atoms with Gasteiger partial charge < -0.3 is 15.2 Å². The van der Waals surface area contributed by atoms with Gasteiger partial charge in [-0.15, -0.1) is 0 Å².